The predicted molar refractivity (Wildman–Crippen MR) is 107 cm³/mol. The Balaban J connectivity index is 1.30. The largest absolute Gasteiger partial charge is 0.382 e. The van der Waals surface area contributed by atoms with Crippen molar-refractivity contribution < 1.29 is 5.11 Å². The number of thiazole rings is 1. The molecule has 2 fully saturated rings. The average Bonchev–Trinajstić information content (AvgIpc) is 3.32. The Labute approximate surface area is 164 Å². The minimum Gasteiger partial charge on any atom is -0.382 e. The summed E-state index contributed by atoms with van der Waals surface area (Å²) in [6.07, 6.45) is 8.48. The van der Waals surface area contributed by atoms with Crippen LogP contribution in [0.4, 0.5) is 0 Å². The number of piperidine rings is 2. The van der Waals surface area contributed by atoms with Crippen LogP contribution in [0, 0.1) is 0 Å². The van der Waals surface area contributed by atoms with Crippen molar-refractivity contribution in [3.05, 3.63) is 45.7 Å². The van der Waals surface area contributed by atoms with Gasteiger partial charge in [-0.25, -0.2) is 4.98 Å². The van der Waals surface area contributed by atoms with E-state index in [-0.39, 0.29) is 6.04 Å². The van der Waals surface area contributed by atoms with Gasteiger partial charge in [0.1, 0.15) is 5.60 Å². The normalized spacial score (nSPS) is 29.7. The van der Waals surface area contributed by atoms with E-state index in [0.717, 1.165) is 44.7 Å². The molecule has 2 aliphatic heterocycles. The van der Waals surface area contributed by atoms with Crippen LogP contribution in [-0.2, 0) is 18.4 Å². The topological polar surface area (TPSA) is 61.3 Å². The Morgan fingerprint density at radius 2 is 2.11 bits per heavy atom. The summed E-state index contributed by atoms with van der Waals surface area (Å²) in [5.41, 5.74) is 1.33. The third-order valence-electron chi connectivity index (χ3n) is 6.61. The van der Waals surface area contributed by atoms with Crippen LogP contribution in [0.3, 0.4) is 0 Å². The standard InChI is InChI=1S/C21H28N4OS/c26-21(18-6-1-2-10-23-18)9-11-22-14-19(21)25-12-7-15(8-13-25)20-24-16-4-3-5-17(16)27-20/h1-2,6,10,15,19,22,26H,3-5,7-9,11-14H2/t19-,21+/m1/s1. The number of nitrogens with zero attached hydrogens (tertiary/aromatic N) is 3. The van der Waals surface area contributed by atoms with Gasteiger partial charge in [-0.2, -0.15) is 0 Å². The highest BCUT2D eigenvalue weighted by atomic mass is 32.1. The minimum absolute atomic E-state index is 0.0865. The number of hydrogen-bond donors (Lipinski definition) is 2. The van der Waals surface area contributed by atoms with Crippen LogP contribution >= 0.6 is 11.3 Å². The number of likely N-dealkylation sites (tertiary alicyclic amines) is 1. The second kappa shape index (κ2) is 7.24. The highest BCUT2D eigenvalue weighted by molar-refractivity contribution is 7.11. The highest BCUT2D eigenvalue weighted by Gasteiger charge is 2.45. The predicted octanol–water partition coefficient (Wildman–Crippen LogP) is 2.46. The summed E-state index contributed by atoms with van der Waals surface area (Å²) in [5, 5.41) is 16.4. The summed E-state index contributed by atoms with van der Waals surface area (Å²) in [6.45, 7) is 3.71. The molecule has 27 heavy (non-hydrogen) atoms. The van der Waals surface area contributed by atoms with Crippen molar-refractivity contribution in [3.63, 3.8) is 0 Å². The fraction of sp³-hybridized carbons (Fsp3) is 0.619. The Morgan fingerprint density at radius 1 is 1.22 bits per heavy atom. The van der Waals surface area contributed by atoms with E-state index in [0.29, 0.717) is 12.3 Å². The van der Waals surface area contributed by atoms with Crippen molar-refractivity contribution in [1.82, 2.24) is 20.2 Å². The van der Waals surface area contributed by atoms with Gasteiger partial charge in [0.2, 0.25) is 0 Å². The number of aryl methyl sites for hydroxylation is 2. The van der Waals surface area contributed by atoms with Gasteiger partial charge in [0.15, 0.2) is 0 Å². The number of pyridine rings is 1. The van der Waals surface area contributed by atoms with E-state index in [1.807, 2.05) is 29.5 Å². The molecule has 2 N–H and O–H groups in total. The zero-order valence-corrected chi connectivity index (χ0v) is 16.5. The molecule has 4 heterocycles. The molecule has 2 atom stereocenters. The number of nitrogens with one attached hydrogen (secondary N) is 1. The number of hydrogen-bond acceptors (Lipinski definition) is 6. The van der Waals surface area contributed by atoms with Gasteiger partial charge in [-0.3, -0.25) is 9.88 Å². The lowest BCUT2D eigenvalue weighted by atomic mass is 9.81. The number of rotatable bonds is 3. The quantitative estimate of drug-likeness (QED) is 0.851. The molecule has 0 unspecified atom stereocenters. The fourth-order valence-electron chi connectivity index (χ4n) is 5.05. The summed E-state index contributed by atoms with van der Waals surface area (Å²) in [5.74, 6) is 0.594. The average molecular weight is 385 g/mol. The van der Waals surface area contributed by atoms with Crippen molar-refractivity contribution >= 4 is 11.3 Å². The van der Waals surface area contributed by atoms with Crippen LogP contribution in [0.1, 0.15) is 52.9 Å². The van der Waals surface area contributed by atoms with Crippen molar-refractivity contribution in [2.45, 2.75) is 56.1 Å². The van der Waals surface area contributed by atoms with Crippen molar-refractivity contribution in [1.29, 1.82) is 0 Å². The number of aromatic nitrogens is 2. The first-order valence-electron chi connectivity index (χ1n) is 10.3. The monoisotopic (exact) mass is 384 g/mol. The first-order chi connectivity index (χ1) is 13.2. The van der Waals surface area contributed by atoms with E-state index in [1.54, 1.807) is 6.20 Å². The molecule has 2 saturated heterocycles. The van der Waals surface area contributed by atoms with Crippen LogP contribution in [0.2, 0.25) is 0 Å². The third-order valence-corrected chi connectivity index (χ3v) is 7.93. The molecule has 0 spiro atoms. The summed E-state index contributed by atoms with van der Waals surface area (Å²) < 4.78 is 0. The van der Waals surface area contributed by atoms with E-state index in [1.165, 1.54) is 34.8 Å². The molecule has 2 aromatic rings. The second-order valence-corrected chi connectivity index (χ2v) is 9.31. The molecular formula is C21H28N4OS. The summed E-state index contributed by atoms with van der Waals surface area (Å²) in [4.78, 5) is 13.5. The molecule has 0 amide bonds. The maximum absolute atomic E-state index is 11.6. The molecule has 5 rings (SSSR count). The van der Waals surface area contributed by atoms with Gasteiger partial charge in [0, 0.05) is 23.5 Å². The maximum Gasteiger partial charge on any atom is 0.124 e. The van der Waals surface area contributed by atoms with Crippen LogP contribution in [0.5, 0.6) is 0 Å². The maximum atomic E-state index is 11.6. The lowest BCUT2D eigenvalue weighted by Crippen LogP contribution is -2.61. The zero-order valence-electron chi connectivity index (χ0n) is 15.7. The van der Waals surface area contributed by atoms with Gasteiger partial charge < -0.3 is 10.4 Å². The second-order valence-electron chi connectivity index (χ2n) is 8.19. The van der Waals surface area contributed by atoms with Gasteiger partial charge in [-0.1, -0.05) is 6.07 Å². The lowest BCUT2D eigenvalue weighted by molar-refractivity contribution is -0.0807. The van der Waals surface area contributed by atoms with Crippen molar-refractivity contribution in [3.8, 4) is 0 Å². The van der Waals surface area contributed by atoms with Crippen LogP contribution in [0.15, 0.2) is 24.4 Å². The SMILES string of the molecule is O[C@]1(c2ccccn2)CCNC[C@H]1N1CCC(c2nc3c(s2)CCC3)CC1. The fourth-order valence-corrected chi connectivity index (χ4v) is 6.37. The number of fused-ring (bicyclic) bond motifs is 1. The molecule has 0 aromatic carbocycles. The molecule has 0 saturated carbocycles. The van der Waals surface area contributed by atoms with Crippen LogP contribution < -0.4 is 5.32 Å². The lowest BCUT2D eigenvalue weighted by Gasteiger charge is -2.47. The minimum atomic E-state index is -0.859. The number of aliphatic hydroxyl groups is 1. The molecule has 5 nitrogen and oxygen atoms in total. The summed E-state index contributed by atoms with van der Waals surface area (Å²) in [7, 11) is 0. The molecule has 6 heteroatoms. The molecule has 1 aliphatic carbocycles. The molecule has 0 bridgehead atoms. The molecule has 0 radical (unpaired) electrons. The van der Waals surface area contributed by atoms with E-state index in [2.05, 4.69) is 15.2 Å². The van der Waals surface area contributed by atoms with E-state index in [4.69, 9.17) is 4.98 Å². The molecule has 3 aliphatic rings. The zero-order chi connectivity index (χ0) is 18.3. The van der Waals surface area contributed by atoms with E-state index < -0.39 is 5.60 Å². The molecule has 2 aromatic heterocycles. The van der Waals surface area contributed by atoms with Gasteiger partial charge in [0.05, 0.1) is 22.4 Å². The van der Waals surface area contributed by atoms with E-state index >= 15 is 0 Å². The Morgan fingerprint density at radius 3 is 2.89 bits per heavy atom. The van der Waals surface area contributed by atoms with Gasteiger partial charge in [-0.05, 0) is 70.3 Å². The smallest absolute Gasteiger partial charge is 0.124 e. The summed E-state index contributed by atoms with van der Waals surface area (Å²) >= 11 is 1.96. The van der Waals surface area contributed by atoms with Crippen LogP contribution in [0.25, 0.3) is 0 Å². The Hall–Kier alpha value is -1.34. The first-order valence-corrected chi connectivity index (χ1v) is 11.1. The molecule has 144 valence electrons. The first kappa shape index (κ1) is 17.7. The highest BCUT2D eigenvalue weighted by Crippen LogP contribution is 2.39. The Kier molecular flexibility index (Phi) is 4.76. The van der Waals surface area contributed by atoms with Crippen molar-refractivity contribution in [2.24, 2.45) is 0 Å². The van der Waals surface area contributed by atoms with Gasteiger partial charge >= 0.3 is 0 Å². The summed E-state index contributed by atoms with van der Waals surface area (Å²) in [6, 6.07) is 5.96. The van der Waals surface area contributed by atoms with Gasteiger partial charge in [-0.15, -0.1) is 11.3 Å². The van der Waals surface area contributed by atoms with E-state index in [9.17, 15) is 5.11 Å². The third kappa shape index (κ3) is 3.23. The Bertz CT molecular complexity index is 765. The van der Waals surface area contributed by atoms with Gasteiger partial charge in [0.25, 0.3) is 0 Å². The van der Waals surface area contributed by atoms with Crippen molar-refractivity contribution in [2.75, 3.05) is 26.2 Å². The van der Waals surface area contributed by atoms with Crippen LogP contribution in [-0.4, -0.2) is 52.2 Å². The molecular weight excluding hydrogens is 356 g/mol.